The van der Waals surface area contributed by atoms with Gasteiger partial charge in [-0.1, -0.05) is 0 Å². The van der Waals surface area contributed by atoms with Crippen LogP contribution in [0.4, 0.5) is 17.6 Å². The minimum atomic E-state index is -4.17. The molecule has 1 rings (SSSR count). The van der Waals surface area contributed by atoms with Crippen LogP contribution in [-0.4, -0.2) is 28.9 Å². The quantitative estimate of drug-likeness (QED) is 0.734. The molecule has 1 heterocycles. The monoisotopic (exact) mass is 224 g/mol. The van der Waals surface area contributed by atoms with E-state index < -0.39 is 19.0 Å². The van der Waals surface area contributed by atoms with Crippen LogP contribution in [-0.2, 0) is 0 Å². The molecule has 0 aliphatic rings. The van der Waals surface area contributed by atoms with E-state index in [2.05, 4.69) is 14.7 Å². The van der Waals surface area contributed by atoms with Crippen molar-refractivity contribution in [3.8, 4) is 5.88 Å². The highest BCUT2D eigenvalue weighted by atomic mass is 19.3. The summed E-state index contributed by atoms with van der Waals surface area (Å²) in [6, 6.07) is 0. The number of rotatable bonds is 4. The number of alkyl halides is 4. The smallest absolute Gasteiger partial charge is 0.340 e. The average molecular weight is 224 g/mol. The molecule has 0 bridgehead atoms. The lowest BCUT2D eigenvalue weighted by Gasteiger charge is -2.14. The van der Waals surface area contributed by atoms with Gasteiger partial charge in [0.15, 0.2) is 6.61 Å². The van der Waals surface area contributed by atoms with Crippen molar-refractivity contribution in [2.24, 2.45) is 0 Å². The molecule has 0 spiro atoms. The largest absolute Gasteiger partial charge is 0.470 e. The number of hydrogen-bond acceptors (Lipinski definition) is 3. The standard InChI is InChI=1S/C8H8F4N2O/c1-5-2-14-6(3-13-5)15-4-8(11,12)7(9)10/h2-3,7H,4H2,1H3. The first-order valence-electron chi connectivity index (χ1n) is 3.99. The normalized spacial score (nSPS) is 11.9. The topological polar surface area (TPSA) is 35.0 Å². The molecule has 84 valence electrons. The van der Waals surface area contributed by atoms with Crippen LogP contribution in [0.5, 0.6) is 5.88 Å². The van der Waals surface area contributed by atoms with E-state index in [0.29, 0.717) is 5.69 Å². The predicted molar refractivity (Wildman–Crippen MR) is 43.2 cm³/mol. The molecule has 7 heteroatoms. The van der Waals surface area contributed by atoms with E-state index >= 15 is 0 Å². The van der Waals surface area contributed by atoms with Gasteiger partial charge in [-0.2, -0.15) is 8.78 Å². The Labute approximate surface area is 83.1 Å². The van der Waals surface area contributed by atoms with Gasteiger partial charge in [0.2, 0.25) is 5.88 Å². The van der Waals surface area contributed by atoms with E-state index in [1.165, 1.54) is 6.20 Å². The highest BCUT2D eigenvalue weighted by molar-refractivity contribution is 5.06. The minimum Gasteiger partial charge on any atom is -0.470 e. The molecular formula is C8H8F4N2O. The molecule has 0 aromatic carbocycles. The van der Waals surface area contributed by atoms with Gasteiger partial charge in [0.25, 0.3) is 0 Å². The highest BCUT2D eigenvalue weighted by Crippen LogP contribution is 2.23. The lowest BCUT2D eigenvalue weighted by Crippen LogP contribution is -2.33. The van der Waals surface area contributed by atoms with Crippen LogP contribution in [0.2, 0.25) is 0 Å². The summed E-state index contributed by atoms with van der Waals surface area (Å²) in [5, 5.41) is 0. The minimum absolute atomic E-state index is 0.207. The second-order valence-corrected chi connectivity index (χ2v) is 2.85. The molecule has 15 heavy (non-hydrogen) atoms. The van der Waals surface area contributed by atoms with Crippen LogP contribution in [0.1, 0.15) is 5.69 Å². The van der Waals surface area contributed by atoms with E-state index in [4.69, 9.17) is 0 Å². The SMILES string of the molecule is Cc1cnc(OCC(F)(F)C(F)F)cn1. The predicted octanol–water partition coefficient (Wildman–Crippen LogP) is 2.06. The number of hydrogen-bond donors (Lipinski definition) is 0. The molecule has 0 radical (unpaired) electrons. The van der Waals surface area contributed by atoms with E-state index in [1.54, 1.807) is 6.92 Å². The Kier molecular flexibility index (Phi) is 3.43. The molecule has 0 atom stereocenters. The molecule has 0 N–H and O–H groups in total. The number of aryl methyl sites for hydroxylation is 1. The number of halogens is 4. The third-order valence-electron chi connectivity index (χ3n) is 1.49. The van der Waals surface area contributed by atoms with Gasteiger partial charge in [-0.05, 0) is 6.92 Å². The Morgan fingerprint density at radius 2 is 2.00 bits per heavy atom. The summed E-state index contributed by atoms with van der Waals surface area (Å²) in [4.78, 5) is 7.28. The summed E-state index contributed by atoms with van der Waals surface area (Å²) >= 11 is 0. The van der Waals surface area contributed by atoms with Crippen molar-refractivity contribution < 1.29 is 22.3 Å². The highest BCUT2D eigenvalue weighted by Gasteiger charge is 2.41. The number of ether oxygens (including phenoxy) is 1. The third kappa shape index (κ3) is 3.34. The zero-order valence-corrected chi connectivity index (χ0v) is 7.75. The van der Waals surface area contributed by atoms with E-state index in [0.717, 1.165) is 6.20 Å². The van der Waals surface area contributed by atoms with Crippen molar-refractivity contribution in [3.63, 3.8) is 0 Å². The van der Waals surface area contributed by atoms with Crippen molar-refractivity contribution in [3.05, 3.63) is 18.1 Å². The van der Waals surface area contributed by atoms with Crippen molar-refractivity contribution in [1.82, 2.24) is 9.97 Å². The van der Waals surface area contributed by atoms with Crippen LogP contribution in [0.25, 0.3) is 0 Å². The summed E-state index contributed by atoms with van der Waals surface area (Å²) in [7, 11) is 0. The first-order chi connectivity index (χ1) is 6.92. The van der Waals surface area contributed by atoms with Crippen molar-refractivity contribution in [1.29, 1.82) is 0 Å². The maximum atomic E-state index is 12.4. The number of nitrogens with zero attached hydrogens (tertiary/aromatic N) is 2. The first-order valence-corrected chi connectivity index (χ1v) is 3.99. The summed E-state index contributed by atoms with van der Waals surface area (Å²) in [6.45, 7) is 0.229. The van der Waals surface area contributed by atoms with E-state index in [9.17, 15) is 17.6 Å². The molecule has 1 aromatic rings. The molecule has 0 fully saturated rings. The fourth-order valence-corrected chi connectivity index (χ4v) is 0.688. The molecule has 0 saturated carbocycles. The lowest BCUT2D eigenvalue weighted by molar-refractivity contribution is -0.148. The Morgan fingerprint density at radius 3 is 2.47 bits per heavy atom. The molecule has 0 aliphatic carbocycles. The molecule has 0 unspecified atom stereocenters. The zero-order chi connectivity index (χ0) is 11.5. The zero-order valence-electron chi connectivity index (χ0n) is 7.75. The summed E-state index contributed by atoms with van der Waals surface area (Å²) in [5.41, 5.74) is 0.572. The van der Waals surface area contributed by atoms with Gasteiger partial charge in [0.1, 0.15) is 0 Å². The molecule has 1 aromatic heterocycles. The average Bonchev–Trinajstić information content (AvgIpc) is 2.17. The molecule has 0 aliphatic heterocycles. The Balaban J connectivity index is 2.54. The molecule has 3 nitrogen and oxygen atoms in total. The second kappa shape index (κ2) is 4.41. The second-order valence-electron chi connectivity index (χ2n) is 2.85. The Hall–Kier alpha value is -1.40. The van der Waals surface area contributed by atoms with E-state index in [-0.39, 0.29) is 5.88 Å². The van der Waals surface area contributed by atoms with Gasteiger partial charge in [-0.3, -0.25) is 4.98 Å². The van der Waals surface area contributed by atoms with Gasteiger partial charge in [0, 0.05) is 0 Å². The maximum Gasteiger partial charge on any atom is 0.340 e. The van der Waals surface area contributed by atoms with Gasteiger partial charge in [-0.25, -0.2) is 13.8 Å². The Morgan fingerprint density at radius 1 is 1.33 bits per heavy atom. The van der Waals surface area contributed by atoms with Gasteiger partial charge < -0.3 is 4.74 Å². The van der Waals surface area contributed by atoms with Gasteiger partial charge >= 0.3 is 12.3 Å². The van der Waals surface area contributed by atoms with Crippen LogP contribution in [0, 0.1) is 6.92 Å². The molecule has 0 saturated heterocycles. The van der Waals surface area contributed by atoms with Crippen molar-refractivity contribution in [2.45, 2.75) is 19.3 Å². The molecule has 0 amide bonds. The first kappa shape index (κ1) is 11.7. The van der Waals surface area contributed by atoms with Crippen LogP contribution >= 0.6 is 0 Å². The van der Waals surface area contributed by atoms with Crippen LogP contribution in [0.3, 0.4) is 0 Å². The lowest BCUT2D eigenvalue weighted by atomic mass is 10.4. The fraction of sp³-hybridized carbons (Fsp3) is 0.500. The molecular weight excluding hydrogens is 216 g/mol. The van der Waals surface area contributed by atoms with Gasteiger partial charge in [0.05, 0.1) is 18.1 Å². The number of aromatic nitrogens is 2. The Bertz CT molecular complexity index is 315. The van der Waals surface area contributed by atoms with E-state index in [1.807, 2.05) is 0 Å². The third-order valence-corrected chi connectivity index (χ3v) is 1.49. The fourth-order valence-electron chi connectivity index (χ4n) is 0.688. The maximum absolute atomic E-state index is 12.4. The van der Waals surface area contributed by atoms with Crippen molar-refractivity contribution in [2.75, 3.05) is 6.61 Å². The summed E-state index contributed by atoms with van der Waals surface area (Å²) in [5.74, 6) is -4.38. The van der Waals surface area contributed by atoms with Crippen molar-refractivity contribution >= 4 is 0 Å². The van der Waals surface area contributed by atoms with Crippen LogP contribution in [0.15, 0.2) is 12.4 Å². The summed E-state index contributed by atoms with van der Waals surface area (Å²) in [6.07, 6.45) is -1.37. The van der Waals surface area contributed by atoms with Crippen LogP contribution < -0.4 is 4.74 Å². The van der Waals surface area contributed by atoms with Gasteiger partial charge in [-0.15, -0.1) is 0 Å². The summed E-state index contributed by atoms with van der Waals surface area (Å²) < 4.78 is 52.6.